The normalized spacial score (nSPS) is 13.4. The van der Waals surface area contributed by atoms with E-state index in [-0.39, 0.29) is 23.3 Å². The van der Waals surface area contributed by atoms with E-state index in [1.54, 1.807) is 13.0 Å². The summed E-state index contributed by atoms with van der Waals surface area (Å²) in [6.07, 6.45) is 2.76. The first-order chi connectivity index (χ1) is 10.7. The summed E-state index contributed by atoms with van der Waals surface area (Å²) in [6.45, 7) is 9.88. The molecular weight excluding hydrogens is 367 g/mol. The molecule has 0 saturated heterocycles. The highest BCUT2D eigenvalue weighted by atomic mass is 79.9. The molecular formula is C15H14BrFN4O2. The summed E-state index contributed by atoms with van der Waals surface area (Å²) in [4.78, 5) is 19.5. The number of halogens is 2. The predicted octanol–water partition coefficient (Wildman–Crippen LogP) is 2.60. The molecule has 0 radical (unpaired) electrons. The molecule has 0 aliphatic carbocycles. The van der Waals surface area contributed by atoms with Gasteiger partial charge in [0.2, 0.25) is 5.95 Å². The predicted molar refractivity (Wildman–Crippen MR) is 84.5 cm³/mol. The van der Waals surface area contributed by atoms with Crippen molar-refractivity contribution in [3.05, 3.63) is 51.4 Å². The summed E-state index contributed by atoms with van der Waals surface area (Å²) in [6, 6.07) is 1.69. The van der Waals surface area contributed by atoms with E-state index in [1.807, 2.05) is 0 Å². The molecule has 0 amide bonds. The molecule has 2 rings (SSSR count). The molecule has 8 heteroatoms. The van der Waals surface area contributed by atoms with Crippen LogP contribution in [0.1, 0.15) is 18.1 Å². The molecule has 6 nitrogen and oxygen atoms in total. The maximum atomic E-state index is 13.2. The van der Waals surface area contributed by atoms with Crippen molar-refractivity contribution >= 4 is 27.5 Å². The van der Waals surface area contributed by atoms with Crippen molar-refractivity contribution in [3.63, 3.8) is 0 Å². The number of aryl methyl sites for hydroxylation is 1. The Labute approximate surface area is 140 Å². The smallest absolute Gasteiger partial charge is 0.272 e. The molecule has 0 bridgehead atoms. The Balaban J connectivity index is 2.12. The highest BCUT2D eigenvalue weighted by Gasteiger charge is 2.31. The average molecular weight is 381 g/mol. The van der Waals surface area contributed by atoms with Gasteiger partial charge in [-0.3, -0.25) is 9.48 Å². The number of carbonyl (C=O) groups is 1. The Morgan fingerprint density at radius 1 is 1.61 bits per heavy atom. The second-order valence-electron chi connectivity index (χ2n) is 5.44. The van der Waals surface area contributed by atoms with Gasteiger partial charge >= 0.3 is 0 Å². The van der Waals surface area contributed by atoms with Gasteiger partial charge in [0.15, 0.2) is 5.78 Å². The zero-order chi connectivity index (χ0) is 17.2. The van der Waals surface area contributed by atoms with Gasteiger partial charge in [0.05, 0.1) is 11.0 Å². The van der Waals surface area contributed by atoms with Crippen molar-refractivity contribution in [2.75, 3.05) is 0 Å². The molecule has 0 aromatic carbocycles. The lowest BCUT2D eigenvalue weighted by atomic mass is 9.95. The number of Topliss-reactive ketones (excluding diaryl/α,β-unsaturated/α-hetero) is 1. The fourth-order valence-corrected chi connectivity index (χ4v) is 2.39. The summed E-state index contributed by atoms with van der Waals surface area (Å²) < 4.78 is 14.5. The minimum Gasteiger partial charge on any atom is -0.380 e. The van der Waals surface area contributed by atoms with Crippen LogP contribution in [0.15, 0.2) is 22.9 Å². The van der Waals surface area contributed by atoms with Crippen molar-refractivity contribution in [2.45, 2.75) is 32.4 Å². The molecule has 2 aromatic rings. The number of pyridine rings is 1. The zero-order valence-electron chi connectivity index (χ0n) is 12.5. The Morgan fingerprint density at radius 2 is 2.30 bits per heavy atom. The first-order valence-electron chi connectivity index (χ1n) is 6.70. The number of nitrogens with zero attached hydrogens (tertiary/aromatic N) is 4. The molecule has 0 unspecified atom stereocenters. The van der Waals surface area contributed by atoms with Gasteiger partial charge in [0.25, 0.3) is 5.82 Å². The number of aliphatic hydroxyl groups is 1. The lowest BCUT2D eigenvalue weighted by Crippen LogP contribution is -2.41. The van der Waals surface area contributed by atoms with Crippen LogP contribution >= 0.6 is 15.9 Å². The average Bonchev–Trinajstić information content (AvgIpc) is 2.76. The molecule has 120 valence electrons. The van der Waals surface area contributed by atoms with E-state index >= 15 is 0 Å². The SMILES string of the molecule is [C-]#[N+]c1ncc(CC(=O)[C@@](C)(O)Cn2cc(Br)c(F)n2)cc1C. The van der Waals surface area contributed by atoms with Gasteiger partial charge in [-0.15, -0.1) is 10.1 Å². The van der Waals surface area contributed by atoms with Gasteiger partial charge in [0.1, 0.15) is 11.8 Å². The highest BCUT2D eigenvalue weighted by molar-refractivity contribution is 9.10. The first-order valence-corrected chi connectivity index (χ1v) is 7.49. The van der Waals surface area contributed by atoms with Gasteiger partial charge < -0.3 is 9.95 Å². The standard InChI is InChI=1S/C15H14BrFN4O2/c1-9-4-10(6-19-14(9)18-3)5-12(22)15(2,23)8-21-7-11(16)13(17)20-21/h4,6-7,23H,5,8H2,1-2H3/t15-/m0/s1. The number of hydrogen-bond acceptors (Lipinski definition) is 4. The number of aromatic nitrogens is 3. The monoisotopic (exact) mass is 380 g/mol. The van der Waals surface area contributed by atoms with Crippen molar-refractivity contribution in [3.8, 4) is 0 Å². The summed E-state index contributed by atoms with van der Waals surface area (Å²) in [5.74, 6) is -0.867. The summed E-state index contributed by atoms with van der Waals surface area (Å²) >= 11 is 2.98. The Kier molecular flexibility index (Phi) is 4.92. The number of hydrogen-bond donors (Lipinski definition) is 1. The van der Waals surface area contributed by atoms with Crippen LogP contribution in [-0.2, 0) is 17.8 Å². The molecule has 2 aromatic heterocycles. The van der Waals surface area contributed by atoms with Crippen molar-refractivity contribution in [1.82, 2.24) is 14.8 Å². The molecule has 23 heavy (non-hydrogen) atoms. The lowest BCUT2D eigenvalue weighted by Gasteiger charge is -2.21. The van der Waals surface area contributed by atoms with Gasteiger partial charge in [-0.1, -0.05) is 12.6 Å². The van der Waals surface area contributed by atoms with Gasteiger partial charge in [-0.25, -0.2) is 0 Å². The van der Waals surface area contributed by atoms with Crippen LogP contribution in [-0.4, -0.2) is 31.3 Å². The zero-order valence-corrected chi connectivity index (χ0v) is 14.1. The third-order valence-corrected chi connectivity index (χ3v) is 3.86. The van der Waals surface area contributed by atoms with Crippen LogP contribution in [0.4, 0.5) is 10.2 Å². The molecule has 1 N–H and O–H groups in total. The van der Waals surface area contributed by atoms with E-state index in [4.69, 9.17) is 6.57 Å². The molecule has 0 fully saturated rings. The molecule has 2 heterocycles. The van der Waals surface area contributed by atoms with E-state index in [0.29, 0.717) is 11.1 Å². The molecule has 1 atom stereocenters. The minimum atomic E-state index is -1.70. The maximum Gasteiger partial charge on any atom is 0.272 e. The lowest BCUT2D eigenvalue weighted by molar-refractivity contribution is -0.136. The number of carbonyl (C=O) groups excluding carboxylic acids is 1. The van der Waals surface area contributed by atoms with E-state index in [0.717, 1.165) is 0 Å². The second-order valence-corrected chi connectivity index (χ2v) is 6.29. The Hall–Kier alpha value is -2.11. The van der Waals surface area contributed by atoms with Gasteiger partial charge in [-0.05, 0) is 35.3 Å². The largest absolute Gasteiger partial charge is 0.380 e. The molecule has 0 spiro atoms. The van der Waals surface area contributed by atoms with E-state index < -0.39 is 17.3 Å². The van der Waals surface area contributed by atoms with E-state index in [2.05, 4.69) is 30.9 Å². The summed E-state index contributed by atoms with van der Waals surface area (Å²) in [5, 5.41) is 13.9. The number of rotatable bonds is 5. The third kappa shape index (κ3) is 4.00. The third-order valence-electron chi connectivity index (χ3n) is 3.32. The van der Waals surface area contributed by atoms with Crippen LogP contribution in [0.3, 0.4) is 0 Å². The maximum absolute atomic E-state index is 13.2. The number of ketones is 1. The van der Waals surface area contributed by atoms with Gasteiger partial charge in [-0.2, -0.15) is 4.39 Å². The van der Waals surface area contributed by atoms with Crippen molar-refractivity contribution in [2.24, 2.45) is 0 Å². The van der Waals surface area contributed by atoms with Crippen molar-refractivity contribution in [1.29, 1.82) is 0 Å². The highest BCUT2D eigenvalue weighted by Crippen LogP contribution is 2.19. The van der Waals surface area contributed by atoms with E-state index in [1.165, 1.54) is 24.0 Å². The van der Waals surface area contributed by atoms with Crippen molar-refractivity contribution < 1.29 is 14.3 Å². The Bertz CT molecular complexity index is 776. The van der Waals surface area contributed by atoms with Gasteiger partial charge in [0, 0.05) is 18.2 Å². The minimum absolute atomic E-state index is 0.0377. The Morgan fingerprint density at radius 3 is 2.83 bits per heavy atom. The van der Waals surface area contributed by atoms with E-state index in [9.17, 15) is 14.3 Å². The topological polar surface area (TPSA) is 72.4 Å². The molecule has 0 saturated carbocycles. The van der Waals surface area contributed by atoms with Crippen LogP contribution in [0.5, 0.6) is 0 Å². The first kappa shape index (κ1) is 17.2. The van der Waals surface area contributed by atoms with Crippen LogP contribution in [0, 0.1) is 19.4 Å². The fourth-order valence-electron chi connectivity index (χ4n) is 2.07. The fraction of sp³-hybridized carbons (Fsp3) is 0.333. The molecule has 0 aliphatic heterocycles. The second kappa shape index (κ2) is 6.56. The van der Waals surface area contributed by atoms with Crippen LogP contribution in [0.2, 0.25) is 0 Å². The molecule has 0 aliphatic rings. The summed E-state index contributed by atoms with van der Waals surface area (Å²) in [7, 11) is 0. The van der Waals surface area contributed by atoms with Crippen LogP contribution in [0.25, 0.3) is 4.85 Å². The quantitative estimate of drug-likeness (QED) is 0.809. The summed E-state index contributed by atoms with van der Waals surface area (Å²) in [5.41, 5.74) is -0.430. The van der Waals surface area contributed by atoms with Crippen LogP contribution < -0.4 is 0 Å².